The lowest BCUT2D eigenvalue weighted by molar-refractivity contribution is -0.140. The van der Waals surface area contributed by atoms with Crippen LogP contribution in [0.4, 0.5) is 17.6 Å². The maximum absolute atomic E-state index is 13.0. The lowest BCUT2D eigenvalue weighted by Gasteiger charge is -2.10. The lowest BCUT2D eigenvalue weighted by Crippen LogP contribution is -2.31. The topological polar surface area (TPSA) is 84.2 Å². The summed E-state index contributed by atoms with van der Waals surface area (Å²) in [6, 6.07) is 2.45. The lowest BCUT2D eigenvalue weighted by atomic mass is 10.1. The minimum Gasteiger partial charge on any atom is -0.352 e. The van der Waals surface area contributed by atoms with E-state index in [-0.39, 0.29) is 24.9 Å². The van der Waals surface area contributed by atoms with Crippen LogP contribution in [-0.2, 0) is 22.3 Å². The van der Waals surface area contributed by atoms with Gasteiger partial charge in [-0.15, -0.1) is 0 Å². The van der Waals surface area contributed by atoms with Crippen LogP contribution in [0.2, 0.25) is 0 Å². The molecule has 116 valence electrons. The molecular weight excluding hydrogens is 294 g/mol. The Morgan fingerprint density at radius 3 is 2.33 bits per heavy atom. The van der Waals surface area contributed by atoms with E-state index in [0.29, 0.717) is 12.1 Å². The van der Waals surface area contributed by atoms with Gasteiger partial charge in [0.05, 0.1) is 5.56 Å². The first-order valence-corrected chi connectivity index (χ1v) is 5.86. The fourth-order valence-electron chi connectivity index (χ4n) is 1.49. The number of nitrogens with two attached hydrogens (primary N) is 1. The SMILES string of the molecule is NNC(=O)CCC(=O)NCc1ccc(F)c(C(F)(F)F)c1. The van der Waals surface area contributed by atoms with Crippen LogP contribution in [0.1, 0.15) is 24.0 Å². The molecule has 1 rings (SSSR count). The van der Waals surface area contributed by atoms with E-state index in [1.807, 2.05) is 5.43 Å². The third-order valence-corrected chi connectivity index (χ3v) is 2.57. The zero-order valence-electron chi connectivity index (χ0n) is 10.8. The quantitative estimate of drug-likeness (QED) is 0.331. The molecule has 0 spiro atoms. The van der Waals surface area contributed by atoms with Gasteiger partial charge in [0.2, 0.25) is 11.8 Å². The van der Waals surface area contributed by atoms with Gasteiger partial charge in [-0.2, -0.15) is 13.2 Å². The van der Waals surface area contributed by atoms with Crippen molar-refractivity contribution in [3.63, 3.8) is 0 Å². The largest absolute Gasteiger partial charge is 0.419 e. The summed E-state index contributed by atoms with van der Waals surface area (Å²) in [6.45, 7) is -0.202. The third-order valence-electron chi connectivity index (χ3n) is 2.57. The number of hydrogen-bond acceptors (Lipinski definition) is 3. The molecule has 0 bridgehead atoms. The van der Waals surface area contributed by atoms with Crippen molar-refractivity contribution in [2.45, 2.75) is 25.6 Å². The van der Waals surface area contributed by atoms with Crippen LogP contribution < -0.4 is 16.6 Å². The summed E-state index contributed by atoms with van der Waals surface area (Å²) in [7, 11) is 0. The second-order valence-corrected chi connectivity index (χ2v) is 4.16. The molecule has 0 aliphatic carbocycles. The number of amides is 2. The number of hydrogen-bond donors (Lipinski definition) is 3. The second-order valence-electron chi connectivity index (χ2n) is 4.16. The van der Waals surface area contributed by atoms with Crippen LogP contribution >= 0.6 is 0 Å². The number of alkyl halides is 3. The zero-order chi connectivity index (χ0) is 16.0. The summed E-state index contributed by atoms with van der Waals surface area (Å²) in [5.41, 5.74) is 0.544. The molecule has 0 aliphatic rings. The van der Waals surface area contributed by atoms with E-state index in [2.05, 4.69) is 5.32 Å². The molecule has 1 aromatic rings. The van der Waals surface area contributed by atoms with E-state index in [1.165, 1.54) is 0 Å². The number of carbonyl (C=O) groups excluding carboxylic acids is 2. The van der Waals surface area contributed by atoms with E-state index in [0.717, 1.165) is 6.07 Å². The summed E-state index contributed by atoms with van der Waals surface area (Å²) < 4.78 is 50.5. The molecule has 0 heterocycles. The van der Waals surface area contributed by atoms with Crippen molar-refractivity contribution in [3.8, 4) is 0 Å². The van der Waals surface area contributed by atoms with Gasteiger partial charge >= 0.3 is 6.18 Å². The highest BCUT2D eigenvalue weighted by Crippen LogP contribution is 2.31. The monoisotopic (exact) mass is 307 g/mol. The Kier molecular flexibility index (Phi) is 5.65. The van der Waals surface area contributed by atoms with Crippen molar-refractivity contribution in [1.29, 1.82) is 0 Å². The van der Waals surface area contributed by atoms with Crippen LogP contribution in [0.5, 0.6) is 0 Å². The number of hydrazine groups is 1. The molecule has 4 N–H and O–H groups in total. The van der Waals surface area contributed by atoms with Crippen LogP contribution in [-0.4, -0.2) is 11.8 Å². The Labute approximate surface area is 117 Å². The molecule has 5 nitrogen and oxygen atoms in total. The van der Waals surface area contributed by atoms with Gasteiger partial charge in [0.1, 0.15) is 5.82 Å². The highest BCUT2D eigenvalue weighted by molar-refractivity contribution is 5.83. The van der Waals surface area contributed by atoms with E-state index in [4.69, 9.17) is 5.84 Å². The Morgan fingerprint density at radius 2 is 1.76 bits per heavy atom. The molecule has 21 heavy (non-hydrogen) atoms. The summed E-state index contributed by atoms with van der Waals surface area (Å²) in [6.07, 6.45) is -5.10. The van der Waals surface area contributed by atoms with Gasteiger partial charge < -0.3 is 5.32 Å². The number of carbonyl (C=O) groups is 2. The van der Waals surface area contributed by atoms with Crippen molar-refractivity contribution in [1.82, 2.24) is 10.7 Å². The average molecular weight is 307 g/mol. The van der Waals surface area contributed by atoms with Gasteiger partial charge in [0.15, 0.2) is 0 Å². The Balaban J connectivity index is 2.60. The van der Waals surface area contributed by atoms with E-state index in [1.54, 1.807) is 0 Å². The highest BCUT2D eigenvalue weighted by Gasteiger charge is 2.34. The average Bonchev–Trinajstić information content (AvgIpc) is 2.42. The van der Waals surface area contributed by atoms with E-state index >= 15 is 0 Å². The van der Waals surface area contributed by atoms with Crippen molar-refractivity contribution in [2.75, 3.05) is 0 Å². The number of rotatable bonds is 5. The van der Waals surface area contributed by atoms with Crippen molar-refractivity contribution in [2.24, 2.45) is 5.84 Å². The van der Waals surface area contributed by atoms with Crippen LogP contribution in [0.15, 0.2) is 18.2 Å². The van der Waals surface area contributed by atoms with Crippen LogP contribution in [0.3, 0.4) is 0 Å². The standard InChI is InChI=1S/C12H13F4N3O2/c13-9-2-1-7(5-8(9)12(14,15)16)6-18-10(20)3-4-11(21)19-17/h1-2,5H,3-4,6,17H2,(H,18,20)(H,19,21). The van der Waals surface area contributed by atoms with E-state index in [9.17, 15) is 27.2 Å². The normalized spacial score (nSPS) is 11.1. The van der Waals surface area contributed by atoms with Gasteiger partial charge in [0.25, 0.3) is 0 Å². The molecule has 1 aromatic carbocycles. The van der Waals surface area contributed by atoms with Gasteiger partial charge in [-0.25, -0.2) is 10.2 Å². The molecule has 0 saturated heterocycles. The maximum Gasteiger partial charge on any atom is 0.419 e. The number of halogens is 4. The Hall–Kier alpha value is -2.16. The smallest absolute Gasteiger partial charge is 0.352 e. The molecule has 0 saturated carbocycles. The first kappa shape index (κ1) is 16.9. The van der Waals surface area contributed by atoms with Crippen molar-refractivity contribution in [3.05, 3.63) is 35.1 Å². The molecule has 0 unspecified atom stereocenters. The predicted molar refractivity (Wildman–Crippen MR) is 64.8 cm³/mol. The molecule has 0 radical (unpaired) electrons. The Bertz CT molecular complexity index is 532. The molecule has 9 heteroatoms. The van der Waals surface area contributed by atoms with Crippen molar-refractivity contribution < 1.29 is 27.2 Å². The fraction of sp³-hybridized carbons (Fsp3) is 0.333. The maximum atomic E-state index is 13.0. The third kappa shape index (κ3) is 5.38. The zero-order valence-corrected chi connectivity index (χ0v) is 10.8. The highest BCUT2D eigenvalue weighted by atomic mass is 19.4. The minimum atomic E-state index is -4.80. The van der Waals surface area contributed by atoms with Crippen LogP contribution in [0.25, 0.3) is 0 Å². The van der Waals surface area contributed by atoms with Gasteiger partial charge in [-0.1, -0.05) is 6.07 Å². The van der Waals surface area contributed by atoms with Crippen molar-refractivity contribution >= 4 is 11.8 Å². The molecule has 0 fully saturated rings. The predicted octanol–water partition coefficient (Wildman–Crippen LogP) is 1.23. The molecule has 2 amide bonds. The Morgan fingerprint density at radius 1 is 1.14 bits per heavy atom. The summed E-state index contributed by atoms with van der Waals surface area (Å²) >= 11 is 0. The number of nitrogens with one attached hydrogen (secondary N) is 2. The first-order valence-electron chi connectivity index (χ1n) is 5.86. The summed E-state index contributed by atoms with van der Waals surface area (Å²) in [5, 5.41) is 2.33. The summed E-state index contributed by atoms with van der Waals surface area (Å²) in [4.78, 5) is 22.2. The molecular formula is C12H13F4N3O2. The van der Waals surface area contributed by atoms with Gasteiger partial charge in [-0.3, -0.25) is 15.0 Å². The second kappa shape index (κ2) is 7.02. The number of benzene rings is 1. The molecule has 0 aromatic heterocycles. The van der Waals surface area contributed by atoms with Gasteiger partial charge in [0, 0.05) is 19.4 Å². The molecule has 0 atom stereocenters. The van der Waals surface area contributed by atoms with E-state index < -0.39 is 29.4 Å². The first-order chi connectivity index (χ1) is 9.74. The van der Waals surface area contributed by atoms with Gasteiger partial charge in [-0.05, 0) is 17.7 Å². The van der Waals surface area contributed by atoms with Crippen LogP contribution in [0, 0.1) is 5.82 Å². The summed E-state index contributed by atoms with van der Waals surface area (Å²) in [5.74, 6) is 2.38. The molecule has 0 aliphatic heterocycles. The minimum absolute atomic E-state index is 0.0975. The fourth-order valence-corrected chi connectivity index (χ4v) is 1.49.